The second-order valence-corrected chi connectivity index (χ2v) is 13.3. The van der Waals surface area contributed by atoms with Crippen LogP contribution in [0.5, 0.6) is 0 Å². The number of amides is 1. The van der Waals surface area contributed by atoms with Crippen molar-refractivity contribution in [3.05, 3.63) is 102 Å². The fourth-order valence-corrected chi connectivity index (χ4v) is 6.24. The van der Waals surface area contributed by atoms with Gasteiger partial charge in [-0.2, -0.15) is 0 Å². The molecule has 230 valence electrons. The van der Waals surface area contributed by atoms with E-state index >= 15 is 0 Å². The first-order chi connectivity index (χ1) is 21.5. The highest BCUT2D eigenvalue weighted by atomic mass is 32.2. The molecule has 0 unspecified atom stereocenters. The number of carbonyl (C=O) groups excluding carboxylic acids is 1. The van der Waals surface area contributed by atoms with Crippen LogP contribution in [0.3, 0.4) is 0 Å². The lowest BCUT2D eigenvalue weighted by molar-refractivity contribution is 0.0964. The zero-order valence-corrected chi connectivity index (χ0v) is 26.4. The molecule has 2 N–H and O–H groups in total. The minimum Gasteiger partial charge on any atom is -0.455 e. The number of benzene rings is 4. The molecule has 2 heterocycles. The van der Waals surface area contributed by atoms with E-state index in [1.807, 2.05) is 56.6 Å². The molecule has 0 radical (unpaired) electrons. The van der Waals surface area contributed by atoms with Gasteiger partial charge in [-0.05, 0) is 73.3 Å². The summed E-state index contributed by atoms with van der Waals surface area (Å²) in [5.41, 5.74) is 6.92. The van der Waals surface area contributed by atoms with Crippen molar-refractivity contribution in [3.8, 4) is 33.7 Å². The number of carbonyl (C=O) groups is 1. The van der Waals surface area contributed by atoms with E-state index in [4.69, 9.17) is 4.42 Å². The standard InChI is InChI=1S/C35H33FN4O4S/c1-37-35(41)32-27-18-26(30(40(4)45(5,42)43)19-31(27)44-34(32)21-13-15-24(36)16-14-21)22-9-8-10-23(17-22)33-28(20-39(2)3)25-11-6-7-12-29(25)38-33/h6-19,38H,20H2,1-5H3,(H,37,41). The van der Waals surface area contributed by atoms with Gasteiger partial charge in [-0.1, -0.05) is 36.4 Å². The summed E-state index contributed by atoms with van der Waals surface area (Å²) in [5.74, 6) is -0.544. The van der Waals surface area contributed by atoms with Crippen LogP contribution in [0.4, 0.5) is 10.1 Å². The quantitative estimate of drug-likeness (QED) is 0.193. The van der Waals surface area contributed by atoms with Crippen molar-refractivity contribution in [2.24, 2.45) is 0 Å². The highest BCUT2D eigenvalue weighted by Gasteiger charge is 2.26. The maximum atomic E-state index is 13.8. The Morgan fingerprint density at radius 2 is 1.60 bits per heavy atom. The van der Waals surface area contributed by atoms with Crippen LogP contribution < -0.4 is 9.62 Å². The van der Waals surface area contributed by atoms with Gasteiger partial charge in [0.2, 0.25) is 10.0 Å². The highest BCUT2D eigenvalue weighted by Crippen LogP contribution is 2.42. The Labute approximate surface area is 261 Å². The number of sulfonamides is 1. The molecule has 6 rings (SSSR count). The Morgan fingerprint density at radius 1 is 0.889 bits per heavy atom. The molecule has 0 saturated carbocycles. The van der Waals surface area contributed by atoms with E-state index in [0.717, 1.165) is 39.5 Å². The molecule has 6 aromatic rings. The predicted octanol–water partition coefficient (Wildman–Crippen LogP) is 6.87. The molecule has 0 atom stereocenters. The van der Waals surface area contributed by atoms with Crippen LogP contribution in [0.25, 0.3) is 55.6 Å². The molecule has 0 spiro atoms. The molecule has 8 nitrogen and oxygen atoms in total. The van der Waals surface area contributed by atoms with Crippen molar-refractivity contribution in [1.82, 2.24) is 15.2 Å². The van der Waals surface area contributed by atoms with Crippen LogP contribution >= 0.6 is 0 Å². The van der Waals surface area contributed by atoms with E-state index < -0.39 is 15.8 Å². The van der Waals surface area contributed by atoms with Gasteiger partial charge < -0.3 is 19.6 Å². The largest absolute Gasteiger partial charge is 0.455 e. The van der Waals surface area contributed by atoms with E-state index in [1.165, 1.54) is 30.5 Å². The Bertz CT molecular complexity index is 2180. The number of para-hydroxylation sites is 1. The first kappa shape index (κ1) is 30.1. The third-order valence-electron chi connectivity index (χ3n) is 7.95. The van der Waals surface area contributed by atoms with Crippen molar-refractivity contribution >= 4 is 43.5 Å². The predicted molar refractivity (Wildman–Crippen MR) is 178 cm³/mol. The molecule has 0 aliphatic heterocycles. The summed E-state index contributed by atoms with van der Waals surface area (Å²) in [6, 6.07) is 25.2. The third-order valence-corrected chi connectivity index (χ3v) is 9.15. The molecule has 45 heavy (non-hydrogen) atoms. The molecule has 0 bridgehead atoms. The van der Waals surface area contributed by atoms with Gasteiger partial charge in [-0.25, -0.2) is 12.8 Å². The van der Waals surface area contributed by atoms with E-state index in [-0.39, 0.29) is 17.2 Å². The Kier molecular flexibility index (Phi) is 7.72. The number of furan rings is 1. The normalized spacial score (nSPS) is 11.9. The number of hydrogen-bond donors (Lipinski definition) is 2. The van der Waals surface area contributed by atoms with Crippen LogP contribution in [0.1, 0.15) is 15.9 Å². The fraction of sp³-hybridized carbons (Fsp3) is 0.171. The summed E-state index contributed by atoms with van der Waals surface area (Å²) in [4.78, 5) is 19.0. The molecule has 1 amide bonds. The number of hydrogen-bond acceptors (Lipinski definition) is 5. The summed E-state index contributed by atoms with van der Waals surface area (Å²) < 4.78 is 46.9. The molecule has 0 aliphatic rings. The second-order valence-electron chi connectivity index (χ2n) is 11.3. The average molecular weight is 625 g/mol. The molecule has 0 fully saturated rings. The van der Waals surface area contributed by atoms with E-state index in [2.05, 4.69) is 21.3 Å². The number of nitrogens with zero attached hydrogens (tertiary/aromatic N) is 2. The minimum absolute atomic E-state index is 0.259. The molecular formula is C35H33FN4O4S. The number of halogens is 1. The minimum atomic E-state index is -3.68. The van der Waals surface area contributed by atoms with Gasteiger partial charge >= 0.3 is 0 Å². The summed E-state index contributed by atoms with van der Waals surface area (Å²) in [5, 5.41) is 4.31. The first-order valence-electron chi connectivity index (χ1n) is 14.3. The van der Waals surface area contributed by atoms with Gasteiger partial charge in [0.05, 0.1) is 23.2 Å². The Morgan fingerprint density at radius 3 is 2.29 bits per heavy atom. The second kappa shape index (κ2) is 11.5. The number of fused-ring (bicyclic) bond motifs is 2. The SMILES string of the molecule is CNC(=O)c1c(-c2ccc(F)cc2)oc2cc(N(C)S(C)(=O)=O)c(-c3cccc(-c4[nH]c5ccccc5c4CN(C)C)c3)cc12. The monoisotopic (exact) mass is 624 g/mol. The number of rotatable bonds is 8. The number of H-pyrrole nitrogens is 1. The van der Waals surface area contributed by atoms with Crippen molar-refractivity contribution in [2.45, 2.75) is 6.54 Å². The number of aromatic nitrogens is 1. The fourth-order valence-electron chi connectivity index (χ4n) is 5.73. The van der Waals surface area contributed by atoms with Gasteiger partial charge in [0, 0.05) is 54.1 Å². The molecule has 2 aromatic heterocycles. The van der Waals surface area contributed by atoms with Gasteiger partial charge in [0.25, 0.3) is 5.91 Å². The van der Waals surface area contributed by atoms with Gasteiger partial charge in [-0.15, -0.1) is 0 Å². The number of aromatic amines is 1. The maximum Gasteiger partial charge on any atom is 0.255 e. The number of nitrogens with one attached hydrogen (secondary N) is 2. The molecule has 0 saturated heterocycles. The Balaban J connectivity index is 1.61. The lowest BCUT2D eigenvalue weighted by Crippen LogP contribution is -2.25. The van der Waals surface area contributed by atoms with Gasteiger partial charge in [-0.3, -0.25) is 9.10 Å². The number of anilines is 1. The summed E-state index contributed by atoms with van der Waals surface area (Å²) in [6.07, 6.45) is 1.14. The summed E-state index contributed by atoms with van der Waals surface area (Å²) in [6.45, 7) is 0.717. The third kappa shape index (κ3) is 5.58. The van der Waals surface area contributed by atoms with Crippen LogP contribution in [-0.2, 0) is 16.6 Å². The average Bonchev–Trinajstić information content (AvgIpc) is 3.57. The van der Waals surface area contributed by atoms with Gasteiger partial charge in [0.15, 0.2) is 0 Å². The molecular weight excluding hydrogens is 591 g/mol. The Hall–Kier alpha value is -4.93. The zero-order valence-electron chi connectivity index (χ0n) is 25.6. The maximum absolute atomic E-state index is 13.8. The zero-order chi connectivity index (χ0) is 32.0. The first-order valence-corrected chi connectivity index (χ1v) is 16.2. The smallest absolute Gasteiger partial charge is 0.255 e. The molecule has 4 aromatic carbocycles. The van der Waals surface area contributed by atoms with E-state index in [9.17, 15) is 17.6 Å². The van der Waals surface area contributed by atoms with Crippen molar-refractivity contribution < 1.29 is 22.0 Å². The summed E-state index contributed by atoms with van der Waals surface area (Å²) >= 11 is 0. The van der Waals surface area contributed by atoms with Crippen molar-refractivity contribution in [3.63, 3.8) is 0 Å². The van der Waals surface area contributed by atoms with Crippen LogP contribution in [0, 0.1) is 5.82 Å². The molecule has 10 heteroatoms. The lowest BCUT2D eigenvalue weighted by Gasteiger charge is -2.21. The van der Waals surface area contributed by atoms with Crippen molar-refractivity contribution in [1.29, 1.82) is 0 Å². The van der Waals surface area contributed by atoms with Crippen LogP contribution in [0.15, 0.2) is 89.3 Å². The van der Waals surface area contributed by atoms with Gasteiger partial charge in [0.1, 0.15) is 17.2 Å². The van der Waals surface area contributed by atoms with Crippen LogP contribution in [0.2, 0.25) is 0 Å². The summed E-state index contributed by atoms with van der Waals surface area (Å²) in [7, 11) is 3.39. The lowest BCUT2D eigenvalue weighted by atomic mass is 9.96. The topological polar surface area (TPSA) is 98.6 Å². The van der Waals surface area contributed by atoms with E-state index in [1.54, 1.807) is 24.3 Å². The van der Waals surface area contributed by atoms with Crippen LogP contribution in [-0.4, -0.2) is 58.7 Å². The van der Waals surface area contributed by atoms with E-state index in [0.29, 0.717) is 34.3 Å². The molecule has 0 aliphatic carbocycles. The highest BCUT2D eigenvalue weighted by molar-refractivity contribution is 7.92. The van der Waals surface area contributed by atoms with Crippen molar-refractivity contribution in [2.75, 3.05) is 38.8 Å².